The second kappa shape index (κ2) is 3.21. The molecule has 64 valence electrons. The molecule has 0 saturated carbocycles. The number of hydrogen-bond acceptors (Lipinski definition) is 2. The molecule has 0 saturated heterocycles. The van der Waals surface area contributed by atoms with E-state index in [0.717, 1.165) is 0 Å². The lowest BCUT2D eigenvalue weighted by Crippen LogP contribution is -2.26. The van der Waals surface area contributed by atoms with Gasteiger partial charge in [0.15, 0.2) is 0 Å². The van der Waals surface area contributed by atoms with E-state index in [1.165, 1.54) is 23.8 Å². The molecule has 0 spiro atoms. The molecule has 0 aliphatic heterocycles. The number of carboxylic acid groups (broad SMARTS) is 1. The molecule has 1 atom stereocenters. The first-order chi connectivity index (χ1) is 5.63. The molecule has 0 aliphatic rings. The van der Waals surface area contributed by atoms with E-state index in [-0.39, 0.29) is 5.56 Å². The van der Waals surface area contributed by atoms with Crippen molar-refractivity contribution < 1.29 is 9.90 Å². The molecule has 1 unspecified atom stereocenters. The average Bonchev–Trinajstić information content (AvgIpc) is 2.04. The van der Waals surface area contributed by atoms with Gasteiger partial charge in [0.2, 0.25) is 0 Å². The van der Waals surface area contributed by atoms with Gasteiger partial charge in [-0.1, -0.05) is 6.07 Å². The van der Waals surface area contributed by atoms with Crippen LogP contribution in [0.2, 0.25) is 0 Å². The van der Waals surface area contributed by atoms with Gasteiger partial charge in [-0.15, -0.1) is 0 Å². The Balaban J connectivity index is 3.11. The lowest BCUT2D eigenvalue weighted by molar-refractivity contribution is -0.140. The first kappa shape index (κ1) is 8.52. The van der Waals surface area contributed by atoms with Crippen LogP contribution in [-0.2, 0) is 4.79 Å². The van der Waals surface area contributed by atoms with Crippen molar-refractivity contribution in [1.29, 1.82) is 0 Å². The number of hydrogen-bond donors (Lipinski definition) is 1. The maximum absolute atomic E-state index is 11.1. The van der Waals surface area contributed by atoms with E-state index in [2.05, 4.69) is 0 Å². The van der Waals surface area contributed by atoms with Crippen molar-refractivity contribution in [3.8, 4) is 0 Å². The van der Waals surface area contributed by atoms with E-state index in [1.54, 1.807) is 12.1 Å². The lowest BCUT2D eigenvalue weighted by atomic mass is 10.3. The first-order valence-corrected chi connectivity index (χ1v) is 3.53. The third kappa shape index (κ3) is 1.53. The molecule has 1 heterocycles. The zero-order valence-corrected chi connectivity index (χ0v) is 6.60. The fourth-order valence-electron chi connectivity index (χ4n) is 0.879. The number of aliphatic carboxylic acids is 1. The molecule has 1 rings (SSSR count). The van der Waals surface area contributed by atoms with Crippen molar-refractivity contribution in [3.05, 3.63) is 34.7 Å². The summed E-state index contributed by atoms with van der Waals surface area (Å²) < 4.78 is 1.17. The molecular formula is C8H9NO3. The topological polar surface area (TPSA) is 59.3 Å². The van der Waals surface area contributed by atoms with Gasteiger partial charge in [-0.05, 0) is 13.0 Å². The van der Waals surface area contributed by atoms with Crippen LogP contribution >= 0.6 is 0 Å². The summed E-state index contributed by atoms with van der Waals surface area (Å²) in [5.41, 5.74) is -0.299. The number of aromatic nitrogens is 1. The Morgan fingerprint density at radius 1 is 1.58 bits per heavy atom. The van der Waals surface area contributed by atoms with Gasteiger partial charge >= 0.3 is 5.97 Å². The Labute approximate surface area is 69.1 Å². The van der Waals surface area contributed by atoms with Crippen molar-refractivity contribution >= 4 is 5.97 Å². The molecule has 1 aromatic heterocycles. The second-order valence-corrected chi connectivity index (χ2v) is 2.46. The van der Waals surface area contributed by atoms with Gasteiger partial charge in [0.05, 0.1) is 0 Å². The third-order valence-electron chi connectivity index (χ3n) is 1.63. The largest absolute Gasteiger partial charge is 0.480 e. The minimum Gasteiger partial charge on any atom is -0.480 e. The Morgan fingerprint density at radius 3 is 2.75 bits per heavy atom. The number of carboxylic acids is 1. The van der Waals surface area contributed by atoms with Gasteiger partial charge in [-0.2, -0.15) is 0 Å². The number of nitrogens with zero attached hydrogens (tertiary/aromatic N) is 1. The van der Waals surface area contributed by atoms with Crippen molar-refractivity contribution in [2.24, 2.45) is 0 Å². The SMILES string of the molecule is CC(C(=O)O)n1ccccc1=O. The normalized spacial score (nSPS) is 12.4. The van der Waals surface area contributed by atoms with Crippen molar-refractivity contribution in [2.45, 2.75) is 13.0 Å². The monoisotopic (exact) mass is 167 g/mol. The molecule has 0 aliphatic carbocycles. The van der Waals surface area contributed by atoms with Crippen LogP contribution in [0.3, 0.4) is 0 Å². The number of rotatable bonds is 2. The predicted molar refractivity (Wildman–Crippen MR) is 43.0 cm³/mol. The Morgan fingerprint density at radius 2 is 2.25 bits per heavy atom. The molecule has 1 N–H and O–H groups in total. The second-order valence-electron chi connectivity index (χ2n) is 2.46. The van der Waals surface area contributed by atoms with Gasteiger partial charge in [0, 0.05) is 12.3 Å². The van der Waals surface area contributed by atoms with Crippen LogP contribution in [0.25, 0.3) is 0 Å². The molecule has 12 heavy (non-hydrogen) atoms. The minimum absolute atomic E-state index is 0.299. The Bertz CT molecular complexity index is 342. The van der Waals surface area contributed by atoms with Gasteiger partial charge in [-0.25, -0.2) is 4.79 Å². The predicted octanol–water partition coefficient (Wildman–Crippen LogP) is 0.494. The third-order valence-corrected chi connectivity index (χ3v) is 1.63. The lowest BCUT2D eigenvalue weighted by Gasteiger charge is -2.08. The highest BCUT2D eigenvalue weighted by Crippen LogP contribution is 1.99. The molecule has 1 aromatic rings. The van der Waals surface area contributed by atoms with Gasteiger partial charge in [0.1, 0.15) is 6.04 Å². The Hall–Kier alpha value is -1.58. The molecule has 4 nitrogen and oxygen atoms in total. The molecular weight excluding hydrogens is 158 g/mol. The Kier molecular flexibility index (Phi) is 2.28. The summed E-state index contributed by atoms with van der Waals surface area (Å²) in [5, 5.41) is 8.60. The number of carbonyl (C=O) groups is 1. The molecule has 0 amide bonds. The fourth-order valence-corrected chi connectivity index (χ4v) is 0.879. The molecule has 0 fully saturated rings. The van der Waals surface area contributed by atoms with Gasteiger partial charge < -0.3 is 9.67 Å². The van der Waals surface area contributed by atoms with Crippen molar-refractivity contribution in [3.63, 3.8) is 0 Å². The summed E-state index contributed by atoms with van der Waals surface area (Å²) in [4.78, 5) is 21.6. The highest BCUT2D eigenvalue weighted by Gasteiger charge is 2.12. The average molecular weight is 167 g/mol. The standard InChI is InChI=1S/C8H9NO3/c1-6(8(11)12)9-5-3-2-4-7(9)10/h2-6H,1H3,(H,11,12). The molecule has 0 radical (unpaired) electrons. The first-order valence-electron chi connectivity index (χ1n) is 3.53. The number of pyridine rings is 1. The van der Waals surface area contributed by atoms with Crippen LogP contribution in [-0.4, -0.2) is 15.6 Å². The van der Waals surface area contributed by atoms with E-state index in [0.29, 0.717) is 0 Å². The summed E-state index contributed by atoms with van der Waals surface area (Å²) >= 11 is 0. The van der Waals surface area contributed by atoms with Crippen LogP contribution in [0.15, 0.2) is 29.2 Å². The summed E-state index contributed by atoms with van der Waals surface area (Å²) in [7, 11) is 0. The maximum atomic E-state index is 11.1. The van der Waals surface area contributed by atoms with E-state index >= 15 is 0 Å². The highest BCUT2D eigenvalue weighted by molar-refractivity contribution is 5.71. The minimum atomic E-state index is -1.01. The van der Waals surface area contributed by atoms with Crippen LogP contribution in [0.4, 0.5) is 0 Å². The zero-order valence-electron chi connectivity index (χ0n) is 6.60. The highest BCUT2D eigenvalue weighted by atomic mass is 16.4. The van der Waals surface area contributed by atoms with Gasteiger partial charge in [-0.3, -0.25) is 4.79 Å². The van der Waals surface area contributed by atoms with E-state index < -0.39 is 12.0 Å². The molecule has 0 aromatic carbocycles. The van der Waals surface area contributed by atoms with Crippen molar-refractivity contribution in [2.75, 3.05) is 0 Å². The van der Waals surface area contributed by atoms with E-state index in [1.807, 2.05) is 0 Å². The van der Waals surface area contributed by atoms with E-state index in [9.17, 15) is 9.59 Å². The zero-order chi connectivity index (χ0) is 9.14. The summed E-state index contributed by atoms with van der Waals surface area (Å²) in [6, 6.07) is 3.73. The molecule has 0 bridgehead atoms. The van der Waals surface area contributed by atoms with Crippen LogP contribution < -0.4 is 5.56 Å². The van der Waals surface area contributed by atoms with E-state index in [4.69, 9.17) is 5.11 Å². The summed E-state index contributed by atoms with van der Waals surface area (Å²) in [5.74, 6) is -1.01. The van der Waals surface area contributed by atoms with Crippen LogP contribution in [0.1, 0.15) is 13.0 Å². The van der Waals surface area contributed by atoms with Crippen molar-refractivity contribution in [1.82, 2.24) is 4.57 Å². The smallest absolute Gasteiger partial charge is 0.326 e. The summed E-state index contributed by atoms with van der Waals surface area (Å²) in [6.07, 6.45) is 1.46. The fraction of sp³-hybridized carbons (Fsp3) is 0.250. The van der Waals surface area contributed by atoms with Crippen LogP contribution in [0, 0.1) is 0 Å². The quantitative estimate of drug-likeness (QED) is 0.697. The molecule has 4 heteroatoms. The summed E-state index contributed by atoms with van der Waals surface area (Å²) in [6.45, 7) is 1.46. The van der Waals surface area contributed by atoms with Crippen LogP contribution in [0.5, 0.6) is 0 Å². The van der Waals surface area contributed by atoms with Gasteiger partial charge in [0.25, 0.3) is 5.56 Å². The maximum Gasteiger partial charge on any atom is 0.326 e.